The zero-order valence-electron chi connectivity index (χ0n) is 47.3. The minimum absolute atomic E-state index is 0.00822. The van der Waals surface area contributed by atoms with Crippen molar-refractivity contribution in [2.75, 3.05) is 51.3 Å². The number of hydrogen-bond acceptors (Lipinski definition) is 17. The van der Waals surface area contributed by atoms with Gasteiger partial charge in [-0.3, -0.25) is 19.5 Å². The number of piperazine rings is 1. The number of aliphatic hydroxyl groups is 1. The predicted molar refractivity (Wildman–Crippen MR) is 311 cm³/mol. The first kappa shape index (κ1) is 54.0. The Morgan fingerprint density at radius 3 is 2.57 bits per heavy atom. The summed E-state index contributed by atoms with van der Waals surface area (Å²) >= 11 is 1.58. The number of carbonyl (C=O) groups excluding carboxylic acids is 3. The van der Waals surface area contributed by atoms with Gasteiger partial charge < -0.3 is 49.5 Å². The highest BCUT2D eigenvalue weighted by Crippen LogP contribution is 2.49. The van der Waals surface area contributed by atoms with E-state index >= 15 is 0 Å². The van der Waals surface area contributed by atoms with Gasteiger partial charge in [0.15, 0.2) is 0 Å². The quantitative estimate of drug-likeness (QED) is 0.0754. The van der Waals surface area contributed by atoms with Gasteiger partial charge in [-0.05, 0) is 104 Å². The van der Waals surface area contributed by atoms with E-state index in [1.165, 1.54) is 15.4 Å². The van der Waals surface area contributed by atoms with E-state index < -0.39 is 24.2 Å². The molecule has 13 rings (SSSR count). The number of hydrogen-bond donors (Lipinski definition) is 4. The second-order valence-corrected chi connectivity index (χ2v) is 25.1. The summed E-state index contributed by atoms with van der Waals surface area (Å²) in [5.74, 6) is -0.392. The van der Waals surface area contributed by atoms with Gasteiger partial charge in [-0.1, -0.05) is 68.4 Å². The molecule has 3 amide bonds. The standard InChI is InChI=1S/C62H71N11O8S/c1-33(2)51(59(77)72-29-45(75)24-49(72)58(76)65-35(4)37-11-13-38(14-12-37)56-36(5)64-32-82-56)50-22-42(69-81-50)26-70(6)61(78)79-30-43-17-19-62(18-8-20-73(43)62)31-80-60-67-55-48(57(68-60)71-27-40-15-16-41(28-71)66-40)25-63-54-47-23-44(74)21-39-9-7-10-46(53(39)47)34(3)52(54)55/h7,9-14,21-23,25,32-35,40-41,43,45,49,51,66,74-75H,8,15-20,24,26-31H2,1-6H3,(H,65,76)/t34?,35-,40?,41?,43+,45+,49-,51-,62+/m0/s1. The molecule has 9 atom stereocenters. The van der Waals surface area contributed by atoms with Crippen molar-refractivity contribution in [3.63, 3.8) is 0 Å². The average molecular weight is 1130 g/mol. The van der Waals surface area contributed by atoms with Gasteiger partial charge in [-0.15, -0.1) is 11.3 Å². The summed E-state index contributed by atoms with van der Waals surface area (Å²) < 4.78 is 18.7. The number of aromatic hydroxyl groups is 1. The van der Waals surface area contributed by atoms with Crippen LogP contribution in [0, 0.1) is 12.8 Å². The van der Waals surface area contributed by atoms with Crippen LogP contribution in [0.15, 0.2) is 76.9 Å². The van der Waals surface area contributed by atoms with Gasteiger partial charge in [0.05, 0.1) is 56.9 Å². The Bertz CT molecular complexity index is 3600. The SMILES string of the molecule is Cc1ncsc1-c1ccc([C@H](C)NC(=O)[C@@H]2C[C@@H](O)CN2C(=O)[C@H](c2cc(CN(C)C(=O)OC[C@H]3CC[C@@]4(COc5nc(N6CC7CCC(C6)N7)c6cnc7c(c6n5)C(C)c5cccc6cc(O)cc-7c56)CCCN34)no2)C(C)C)cc1. The number of ether oxygens (including phenoxy) is 2. The third kappa shape index (κ3) is 9.77. The minimum Gasteiger partial charge on any atom is -0.508 e. The topological polar surface area (TPSA) is 225 Å². The van der Waals surface area contributed by atoms with Gasteiger partial charge in [0, 0.05) is 80.5 Å². The van der Waals surface area contributed by atoms with Crippen LogP contribution in [0.25, 0.3) is 43.4 Å². The normalized spacial score (nSPS) is 24.5. The van der Waals surface area contributed by atoms with E-state index in [1.54, 1.807) is 24.5 Å². The number of amides is 3. The third-order valence-electron chi connectivity index (χ3n) is 18.5. The number of carbonyl (C=O) groups is 3. The molecule has 5 saturated heterocycles. The van der Waals surface area contributed by atoms with E-state index in [9.17, 15) is 24.6 Å². The molecule has 0 saturated carbocycles. The Kier molecular flexibility index (Phi) is 14.2. The van der Waals surface area contributed by atoms with Crippen molar-refractivity contribution in [3.8, 4) is 33.5 Å². The Labute approximate surface area is 480 Å². The lowest BCUT2D eigenvalue weighted by Gasteiger charge is -2.36. The lowest BCUT2D eigenvalue weighted by atomic mass is 9.79. The number of thiazole rings is 1. The molecule has 428 valence electrons. The highest BCUT2D eigenvalue weighted by Gasteiger charge is 2.51. The Morgan fingerprint density at radius 2 is 1.80 bits per heavy atom. The molecule has 3 aromatic carbocycles. The van der Waals surface area contributed by atoms with Gasteiger partial charge in [0.1, 0.15) is 48.2 Å². The van der Waals surface area contributed by atoms with Crippen molar-refractivity contribution in [1.29, 1.82) is 0 Å². The number of nitrogens with zero attached hydrogens (tertiary/aromatic N) is 9. The lowest BCUT2D eigenvalue weighted by Crippen LogP contribution is -2.51. The van der Waals surface area contributed by atoms with E-state index in [2.05, 4.69) is 43.6 Å². The van der Waals surface area contributed by atoms with E-state index in [1.807, 2.05) is 87.9 Å². The molecule has 0 radical (unpaired) electrons. The molecule has 6 aliphatic rings. The molecule has 82 heavy (non-hydrogen) atoms. The van der Waals surface area contributed by atoms with Crippen molar-refractivity contribution in [2.24, 2.45) is 5.92 Å². The number of rotatable bonds is 15. The first-order valence-corrected chi connectivity index (χ1v) is 30.0. The highest BCUT2D eigenvalue weighted by molar-refractivity contribution is 7.13. The van der Waals surface area contributed by atoms with Crippen molar-refractivity contribution in [2.45, 2.75) is 140 Å². The van der Waals surface area contributed by atoms with Crippen molar-refractivity contribution < 1.29 is 38.6 Å². The molecule has 2 bridgehead atoms. The predicted octanol–water partition coefficient (Wildman–Crippen LogP) is 8.60. The van der Waals surface area contributed by atoms with Crippen LogP contribution in [0.3, 0.4) is 0 Å². The number of β-amino-alcohol motifs (C(OH)–C–C–N with tert-alkyl or cyclic N) is 1. The van der Waals surface area contributed by atoms with Crippen molar-refractivity contribution >= 4 is 56.7 Å². The fourth-order valence-corrected chi connectivity index (χ4v) is 15.2. The number of pyridine rings is 1. The van der Waals surface area contributed by atoms with Crippen LogP contribution in [0.4, 0.5) is 10.6 Å². The number of phenolic OH excluding ortho intramolecular Hbond substituents is 1. The Morgan fingerprint density at radius 1 is 1.00 bits per heavy atom. The first-order valence-electron chi connectivity index (χ1n) is 29.1. The second kappa shape index (κ2) is 21.5. The summed E-state index contributed by atoms with van der Waals surface area (Å²) in [6, 6.07) is 19.5. The molecule has 5 fully saturated rings. The molecule has 19 nitrogen and oxygen atoms in total. The Balaban J connectivity index is 0.657. The maximum absolute atomic E-state index is 14.4. The van der Waals surface area contributed by atoms with E-state index in [0.717, 1.165) is 124 Å². The molecular weight excluding hydrogens is 1060 g/mol. The molecule has 1 aliphatic carbocycles. The Hall–Kier alpha value is -7.26. The largest absolute Gasteiger partial charge is 0.508 e. The molecule has 20 heteroatoms. The van der Waals surface area contributed by atoms with Crippen LogP contribution in [0.5, 0.6) is 11.8 Å². The first-order chi connectivity index (χ1) is 39.6. The lowest BCUT2D eigenvalue weighted by molar-refractivity contribution is -0.141. The summed E-state index contributed by atoms with van der Waals surface area (Å²) in [5, 5.41) is 35.8. The monoisotopic (exact) mass is 1130 g/mol. The number of likely N-dealkylation sites (tertiary alicyclic amines) is 1. The maximum atomic E-state index is 14.4. The molecule has 0 spiro atoms. The van der Waals surface area contributed by atoms with Gasteiger partial charge in [-0.25, -0.2) is 9.78 Å². The van der Waals surface area contributed by atoms with Crippen molar-refractivity contribution in [1.82, 2.24) is 50.4 Å². The fraction of sp³-hybridized carbons (Fsp3) is 0.484. The van der Waals surface area contributed by atoms with E-state index in [4.69, 9.17) is 28.9 Å². The van der Waals surface area contributed by atoms with E-state index in [0.29, 0.717) is 36.2 Å². The van der Waals surface area contributed by atoms with Crippen LogP contribution >= 0.6 is 11.3 Å². The van der Waals surface area contributed by atoms with Gasteiger partial charge in [0.2, 0.25) is 11.8 Å². The van der Waals surface area contributed by atoms with Gasteiger partial charge in [-0.2, -0.15) is 9.97 Å². The molecule has 4 N–H and O–H groups in total. The number of aliphatic hydroxyl groups excluding tert-OH is 1. The smallest absolute Gasteiger partial charge is 0.409 e. The zero-order valence-corrected chi connectivity index (χ0v) is 48.1. The number of anilines is 1. The zero-order chi connectivity index (χ0) is 56.7. The number of benzene rings is 3. The molecule has 3 unspecified atom stereocenters. The summed E-state index contributed by atoms with van der Waals surface area (Å²) in [6.07, 6.45) is 6.53. The molecule has 9 heterocycles. The average Bonchev–Trinajstić information content (AvgIpc) is 4.54. The van der Waals surface area contributed by atoms with Crippen LogP contribution < -0.4 is 20.3 Å². The molecular formula is C62H71N11O8S. The van der Waals surface area contributed by atoms with Gasteiger partial charge in [0.25, 0.3) is 0 Å². The summed E-state index contributed by atoms with van der Waals surface area (Å²) in [7, 11) is 1.65. The number of phenols is 1. The second-order valence-electron chi connectivity index (χ2n) is 24.2. The third-order valence-corrected chi connectivity index (χ3v) is 19.5. The minimum atomic E-state index is -0.877. The summed E-state index contributed by atoms with van der Waals surface area (Å²) in [5.41, 5.74) is 9.63. The van der Waals surface area contributed by atoms with Crippen LogP contribution in [0.1, 0.15) is 124 Å². The number of fused-ring (bicyclic) bond motifs is 7. The van der Waals surface area contributed by atoms with Crippen LogP contribution in [0.2, 0.25) is 0 Å². The fourth-order valence-electron chi connectivity index (χ4n) is 14.4. The number of aromatic nitrogens is 5. The summed E-state index contributed by atoms with van der Waals surface area (Å²) in [4.78, 5) is 70.8. The van der Waals surface area contributed by atoms with Crippen LogP contribution in [-0.2, 0) is 20.9 Å². The maximum Gasteiger partial charge on any atom is 0.409 e. The molecule has 7 aromatic rings. The van der Waals surface area contributed by atoms with Crippen molar-refractivity contribution in [3.05, 3.63) is 106 Å². The number of nitrogens with one attached hydrogen (secondary N) is 2. The summed E-state index contributed by atoms with van der Waals surface area (Å²) in [6.45, 7) is 13.1. The molecule has 5 aliphatic heterocycles. The number of aryl methyl sites for hydroxylation is 1. The van der Waals surface area contributed by atoms with Crippen LogP contribution in [-0.4, -0.2) is 150 Å². The molecule has 4 aromatic heterocycles. The van der Waals surface area contributed by atoms with Gasteiger partial charge >= 0.3 is 12.1 Å². The highest BCUT2D eigenvalue weighted by atomic mass is 32.1. The van der Waals surface area contributed by atoms with E-state index in [-0.39, 0.29) is 73.1 Å².